The molecule has 1 fully saturated rings. The maximum atomic E-state index is 15.0. The molecule has 1 aromatic heterocycles. The maximum Gasteiger partial charge on any atom is 0.309 e. The first-order valence-corrected chi connectivity index (χ1v) is 18.4. The number of nitrogens with two attached hydrogens (primary N) is 1. The number of nitrogens with zero attached hydrogens (tertiary/aromatic N) is 3. The fraction of sp³-hybridized carbons (Fsp3) is 0.410. The average molecular weight is 751 g/mol. The Morgan fingerprint density at radius 3 is 2.58 bits per heavy atom. The van der Waals surface area contributed by atoms with E-state index in [9.17, 15) is 9.59 Å². The number of rotatable bonds is 11. The van der Waals surface area contributed by atoms with Crippen molar-refractivity contribution in [3.05, 3.63) is 92.2 Å². The van der Waals surface area contributed by atoms with Crippen molar-refractivity contribution in [3.63, 3.8) is 0 Å². The summed E-state index contributed by atoms with van der Waals surface area (Å²) in [5.41, 5.74) is 11.9. The summed E-state index contributed by atoms with van der Waals surface area (Å²) in [5.74, 6) is -0.314. The summed E-state index contributed by atoms with van der Waals surface area (Å²) in [6.07, 6.45) is 4.39. The Bertz CT molecular complexity index is 2030. The molecule has 2 atom stereocenters. The van der Waals surface area contributed by atoms with Crippen LogP contribution in [0.1, 0.15) is 77.4 Å². The van der Waals surface area contributed by atoms with Crippen molar-refractivity contribution in [1.29, 1.82) is 0 Å². The number of aromatic nitrogens is 2. The van der Waals surface area contributed by atoms with E-state index in [0.717, 1.165) is 65.9 Å². The van der Waals surface area contributed by atoms with Crippen LogP contribution < -0.4 is 20.5 Å². The van der Waals surface area contributed by atoms with E-state index in [-0.39, 0.29) is 58.6 Å². The molecule has 13 heteroatoms. The van der Waals surface area contributed by atoms with Crippen LogP contribution in [0.25, 0.3) is 11.1 Å². The standard InChI is InChI=1S/C39H42Cl2FN5O5/c1-21(51-39(49)22-7-4-8-22)19-47-16-15-30-29(20-47)44-37(46(30)2)38(48)45-28-12-6-11-26(34(28)40)23-9-5-10-25-24(23)13-14-31(25)52-33-17-32(50-3)27(18-43)36(42)35(33)41/h5-6,9-12,17,21-22,31H,4,7-8,13-16,18-20,43H2,1-3H3,(H,45,48). The second-order valence-corrected chi connectivity index (χ2v) is 14.5. The van der Waals surface area contributed by atoms with Crippen molar-refractivity contribution in [1.82, 2.24) is 14.5 Å². The van der Waals surface area contributed by atoms with Gasteiger partial charge in [-0.3, -0.25) is 14.5 Å². The molecule has 274 valence electrons. The lowest BCUT2D eigenvalue weighted by Gasteiger charge is -2.30. The lowest BCUT2D eigenvalue weighted by atomic mass is 9.86. The molecule has 2 unspecified atom stereocenters. The smallest absolute Gasteiger partial charge is 0.309 e. The molecule has 3 aromatic carbocycles. The fourth-order valence-electron chi connectivity index (χ4n) is 7.52. The third-order valence-electron chi connectivity index (χ3n) is 10.5. The van der Waals surface area contributed by atoms with Gasteiger partial charge in [0.2, 0.25) is 0 Å². The van der Waals surface area contributed by atoms with Crippen LogP contribution in [0.15, 0.2) is 42.5 Å². The van der Waals surface area contributed by atoms with Gasteiger partial charge in [-0.2, -0.15) is 0 Å². The summed E-state index contributed by atoms with van der Waals surface area (Å²) in [7, 11) is 3.30. The van der Waals surface area contributed by atoms with E-state index >= 15 is 4.39 Å². The molecule has 4 aromatic rings. The first-order chi connectivity index (χ1) is 25.1. The summed E-state index contributed by atoms with van der Waals surface area (Å²) < 4.78 is 34.2. The Morgan fingerprint density at radius 1 is 1.08 bits per heavy atom. The van der Waals surface area contributed by atoms with Crippen LogP contribution in [0.3, 0.4) is 0 Å². The number of hydrogen-bond donors (Lipinski definition) is 2. The normalized spacial score (nSPS) is 17.6. The van der Waals surface area contributed by atoms with Crippen LogP contribution in [-0.2, 0) is 42.5 Å². The predicted octanol–water partition coefficient (Wildman–Crippen LogP) is 7.41. The number of fused-ring (bicyclic) bond motifs is 2. The fourth-order valence-corrected chi connectivity index (χ4v) is 8.00. The minimum Gasteiger partial charge on any atom is -0.496 e. The molecule has 1 saturated carbocycles. The summed E-state index contributed by atoms with van der Waals surface area (Å²) in [5, 5.41) is 3.25. The first kappa shape index (κ1) is 36.2. The van der Waals surface area contributed by atoms with E-state index in [1.165, 1.54) is 7.11 Å². The molecule has 0 bridgehead atoms. The van der Waals surface area contributed by atoms with E-state index in [1.807, 2.05) is 48.9 Å². The van der Waals surface area contributed by atoms with E-state index in [0.29, 0.717) is 42.5 Å². The molecule has 0 saturated heterocycles. The Labute approximate surface area is 312 Å². The van der Waals surface area contributed by atoms with E-state index < -0.39 is 5.82 Å². The molecule has 52 heavy (non-hydrogen) atoms. The van der Waals surface area contributed by atoms with Crippen molar-refractivity contribution in [2.45, 2.75) is 70.7 Å². The molecule has 2 aliphatic carbocycles. The minimum absolute atomic E-state index is 0.0478. The molecule has 0 radical (unpaired) electrons. The highest BCUT2D eigenvalue weighted by Gasteiger charge is 2.32. The summed E-state index contributed by atoms with van der Waals surface area (Å²) in [6.45, 7) is 3.82. The molecule has 7 rings (SSSR count). The van der Waals surface area contributed by atoms with Gasteiger partial charge in [-0.05, 0) is 55.4 Å². The Balaban J connectivity index is 1.06. The molecular weight excluding hydrogens is 708 g/mol. The number of methoxy groups -OCH3 is 1. The van der Waals surface area contributed by atoms with Crippen LogP contribution >= 0.6 is 23.2 Å². The van der Waals surface area contributed by atoms with Gasteiger partial charge < -0.3 is 29.8 Å². The van der Waals surface area contributed by atoms with Crippen molar-refractivity contribution in [2.24, 2.45) is 18.7 Å². The highest BCUT2D eigenvalue weighted by molar-refractivity contribution is 6.36. The van der Waals surface area contributed by atoms with E-state index in [2.05, 4.69) is 10.2 Å². The van der Waals surface area contributed by atoms with Gasteiger partial charge in [-0.15, -0.1) is 0 Å². The molecular formula is C39H42Cl2FN5O5. The van der Waals surface area contributed by atoms with Gasteiger partial charge in [0.15, 0.2) is 11.6 Å². The van der Waals surface area contributed by atoms with Gasteiger partial charge in [0, 0.05) is 62.5 Å². The van der Waals surface area contributed by atoms with Crippen molar-refractivity contribution >= 4 is 40.8 Å². The Hall–Kier alpha value is -4.16. The van der Waals surface area contributed by atoms with Crippen molar-refractivity contribution < 1.29 is 28.2 Å². The third kappa shape index (κ3) is 6.87. The van der Waals surface area contributed by atoms with Crippen molar-refractivity contribution in [2.75, 3.05) is 25.5 Å². The molecule has 3 aliphatic rings. The molecule has 1 aliphatic heterocycles. The maximum absolute atomic E-state index is 15.0. The number of amides is 1. The number of carbonyl (C=O) groups is 2. The van der Waals surface area contributed by atoms with Gasteiger partial charge in [0.1, 0.15) is 28.7 Å². The van der Waals surface area contributed by atoms with Crippen molar-refractivity contribution in [3.8, 4) is 22.6 Å². The van der Waals surface area contributed by atoms with Crippen LogP contribution in [0.5, 0.6) is 11.5 Å². The number of esters is 1. The van der Waals surface area contributed by atoms with Gasteiger partial charge in [0.25, 0.3) is 5.91 Å². The summed E-state index contributed by atoms with van der Waals surface area (Å²) in [4.78, 5) is 33.0. The molecule has 1 amide bonds. The number of benzene rings is 3. The quantitative estimate of drug-likeness (QED) is 0.152. The van der Waals surface area contributed by atoms with Crippen LogP contribution in [0.2, 0.25) is 10.0 Å². The molecule has 10 nitrogen and oxygen atoms in total. The monoisotopic (exact) mass is 749 g/mol. The molecule has 2 heterocycles. The average Bonchev–Trinajstić information content (AvgIpc) is 3.66. The van der Waals surface area contributed by atoms with Gasteiger partial charge in [-0.25, -0.2) is 9.37 Å². The molecule has 3 N–H and O–H groups in total. The highest BCUT2D eigenvalue weighted by Crippen LogP contribution is 2.45. The zero-order chi connectivity index (χ0) is 36.7. The number of anilines is 1. The number of hydrogen-bond acceptors (Lipinski definition) is 8. The van der Waals surface area contributed by atoms with Crippen LogP contribution in [0.4, 0.5) is 10.1 Å². The zero-order valence-corrected chi connectivity index (χ0v) is 31.0. The highest BCUT2D eigenvalue weighted by atomic mass is 35.5. The second-order valence-electron chi connectivity index (χ2n) is 13.8. The number of ether oxygens (including phenoxy) is 3. The first-order valence-electron chi connectivity index (χ1n) is 17.7. The Kier molecular flexibility index (Phi) is 10.5. The minimum atomic E-state index is -0.656. The number of imidazole rings is 1. The number of halogens is 3. The van der Waals surface area contributed by atoms with Gasteiger partial charge in [-0.1, -0.05) is 60.0 Å². The SMILES string of the molecule is COc1cc(OC2CCc3c(-c4cccc(NC(=O)c5nc6c(n5C)CCN(CC(C)OC(=O)C5CCC5)C6)c4Cl)cccc32)c(Cl)c(F)c1CN. The number of nitrogens with one attached hydrogen (secondary N) is 1. The lowest BCUT2D eigenvalue weighted by molar-refractivity contribution is -0.157. The lowest BCUT2D eigenvalue weighted by Crippen LogP contribution is -2.39. The predicted molar refractivity (Wildman–Crippen MR) is 197 cm³/mol. The van der Waals surface area contributed by atoms with Gasteiger partial charge >= 0.3 is 5.97 Å². The summed E-state index contributed by atoms with van der Waals surface area (Å²) in [6, 6.07) is 13.0. The third-order valence-corrected chi connectivity index (χ3v) is 11.2. The Morgan fingerprint density at radius 2 is 1.85 bits per heavy atom. The van der Waals surface area contributed by atoms with E-state index in [4.69, 9.17) is 48.1 Å². The van der Waals surface area contributed by atoms with Crippen LogP contribution in [-0.4, -0.2) is 52.6 Å². The number of carbonyl (C=O) groups excluding carboxylic acids is 2. The largest absolute Gasteiger partial charge is 0.496 e. The zero-order valence-electron chi connectivity index (χ0n) is 29.4. The van der Waals surface area contributed by atoms with Gasteiger partial charge in [0.05, 0.1) is 29.4 Å². The van der Waals surface area contributed by atoms with Crippen LogP contribution in [0, 0.1) is 11.7 Å². The topological polar surface area (TPSA) is 121 Å². The second kappa shape index (κ2) is 15.1. The van der Waals surface area contributed by atoms with E-state index in [1.54, 1.807) is 12.1 Å². The summed E-state index contributed by atoms with van der Waals surface area (Å²) >= 11 is 13.4. The molecule has 0 spiro atoms.